The number of ether oxygens (including phenoxy) is 1. The quantitative estimate of drug-likeness (QED) is 0.620. The number of benzene rings is 1. The first-order valence-electron chi connectivity index (χ1n) is 6.12. The number of anilines is 2. The Balaban J connectivity index is 1.80. The van der Waals surface area contributed by atoms with E-state index in [4.69, 9.17) is 22.1 Å². The van der Waals surface area contributed by atoms with E-state index in [1.807, 2.05) is 24.3 Å². The Labute approximate surface area is 140 Å². The fourth-order valence-corrected chi connectivity index (χ4v) is 2.03. The van der Waals surface area contributed by atoms with Crippen molar-refractivity contribution in [3.8, 4) is 5.75 Å². The van der Waals surface area contributed by atoms with Crippen LogP contribution >= 0.6 is 34.2 Å². The summed E-state index contributed by atoms with van der Waals surface area (Å²) in [5, 5.41) is 13.0. The summed E-state index contributed by atoms with van der Waals surface area (Å²) in [6, 6.07) is 7.57. The highest BCUT2D eigenvalue weighted by atomic mass is 127. The molecule has 0 radical (unpaired) electrons. The molecule has 0 saturated carbocycles. The summed E-state index contributed by atoms with van der Waals surface area (Å²) in [6.45, 7) is 0.395. The lowest BCUT2D eigenvalue weighted by molar-refractivity contribution is 0.117. The van der Waals surface area contributed by atoms with Crippen LogP contribution < -0.4 is 15.8 Å². The van der Waals surface area contributed by atoms with Gasteiger partial charge in [-0.25, -0.2) is 9.97 Å². The number of halogens is 2. The minimum atomic E-state index is -0.712. The average Bonchev–Trinajstić information content (AvgIpc) is 2.48. The fourth-order valence-electron chi connectivity index (χ4n) is 1.50. The maximum Gasteiger partial charge on any atom is 0.150 e. The molecule has 0 saturated heterocycles. The van der Waals surface area contributed by atoms with E-state index in [0.29, 0.717) is 11.6 Å². The van der Waals surface area contributed by atoms with Crippen LogP contribution in [0.2, 0.25) is 5.02 Å². The highest BCUT2D eigenvalue weighted by Crippen LogP contribution is 2.23. The largest absolute Gasteiger partial charge is 0.491 e. The lowest BCUT2D eigenvalue weighted by atomic mass is 10.3. The number of aromatic nitrogens is 2. The second-order valence-electron chi connectivity index (χ2n) is 4.22. The zero-order valence-corrected chi connectivity index (χ0v) is 13.9. The van der Waals surface area contributed by atoms with Crippen LogP contribution in [-0.4, -0.2) is 34.3 Å². The number of nitrogens with one attached hydrogen (secondary N) is 1. The van der Waals surface area contributed by atoms with E-state index >= 15 is 0 Å². The molecule has 1 atom stereocenters. The summed E-state index contributed by atoms with van der Waals surface area (Å²) in [6.07, 6.45) is 0.592. The molecule has 0 aliphatic carbocycles. The molecule has 6 nitrogen and oxygen atoms in total. The molecule has 2 aromatic rings. The van der Waals surface area contributed by atoms with Crippen LogP contribution in [0.3, 0.4) is 0 Å². The number of hydrogen-bond acceptors (Lipinski definition) is 6. The molecular formula is C13H14ClIN4O2. The molecule has 21 heavy (non-hydrogen) atoms. The molecule has 1 unspecified atom stereocenters. The molecule has 1 aromatic heterocycles. The smallest absolute Gasteiger partial charge is 0.150 e. The lowest BCUT2D eigenvalue weighted by Crippen LogP contribution is -2.26. The predicted molar refractivity (Wildman–Crippen MR) is 90.6 cm³/mol. The minimum Gasteiger partial charge on any atom is -0.491 e. The van der Waals surface area contributed by atoms with Crippen molar-refractivity contribution in [2.45, 2.75) is 6.10 Å². The highest BCUT2D eigenvalue weighted by Gasteiger charge is 2.09. The SMILES string of the molecule is Nc1ncnc(NCC(O)COc2ccc(I)cc2)c1Cl. The molecule has 0 aliphatic heterocycles. The summed E-state index contributed by atoms with van der Waals surface area (Å²) < 4.78 is 6.60. The molecule has 112 valence electrons. The van der Waals surface area contributed by atoms with Crippen molar-refractivity contribution in [2.24, 2.45) is 0 Å². The van der Waals surface area contributed by atoms with Crippen molar-refractivity contribution in [1.29, 1.82) is 0 Å². The molecule has 0 bridgehead atoms. The molecule has 0 amide bonds. The third-order valence-corrected chi connectivity index (χ3v) is 3.67. The summed E-state index contributed by atoms with van der Waals surface area (Å²) >= 11 is 8.15. The number of aliphatic hydroxyl groups is 1. The molecule has 2 rings (SSSR count). The van der Waals surface area contributed by atoms with Gasteiger partial charge >= 0.3 is 0 Å². The normalized spacial score (nSPS) is 12.0. The second kappa shape index (κ2) is 7.62. The van der Waals surface area contributed by atoms with Gasteiger partial charge in [-0.1, -0.05) is 11.6 Å². The maximum absolute atomic E-state index is 9.88. The van der Waals surface area contributed by atoms with Gasteiger partial charge in [-0.2, -0.15) is 0 Å². The minimum absolute atomic E-state index is 0.159. The van der Waals surface area contributed by atoms with Crippen LogP contribution in [0.5, 0.6) is 5.75 Å². The predicted octanol–water partition coefficient (Wildman–Crippen LogP) is 2.17. The summed E-state index contributed by atoms with van der Waals surface area (Å²) in [4.78, 5) is 7.71. The van der Waals surface area contributed by atoms with Crippen LogP contribution in [0.1, 0.15) is 0 Å². The Kier molecular flexibility index (Phi) is 5.83. The number of aliphatic hydroxyl groups excluding tert-OH is 1. The molecular weight excluding hydrogens is 407 g/mol. The number of rotatable bonds is 6. The molecule has 0 fully saturated rings. The Morgan fingerprint density at radius 1 is 1.33 bits per heavy atom. The third-order valence-electron chi connectivity index (χ3n) is 2.58. The Morgan fingerprint density at radius 3 is 2.76 bits per heavy atom. The lowest BCUT2D eigenvalue weighted by Gasteiger charge is -2.14. The van der Waals surface area contributed by atoms with Gasteiger partial charge in [0.25, 0.3) is 0 Å². The van der Waals surface area contributed by atoms with E-state index in [9.17, 15) is 5.11 Å². The maximum atomic E-state index is 9.88. The first kappa shape index (κ1) is 16.1. The van der Waals surface area contributed by atoms with Gasteiger partial charge in [0.15, 0.2) is 5.82 Å². The second-order valence-corrected chi connectivity index (χ2v) is 5.84. The Bertz CT molecular complexity index is 597. The van der Waals surface area contributed by atoms with Gasteiger partial charge in [0.1, 0.15) is 35.6 Å². The number of nitrogen functional groups attached to an aromatic ring is 1. The standard InChI is InChI=1S/C13H14ClIN4O2/c14-11-12(16)18-7-19-13(11)17-5-9(20)6-21-10-3-1-8(15)2-4-10/h1-4,7,9,20H,5-6H2,(H3,16,17,18,19). The van der Waals surface area contributed by atoms with E-state index in [2.05, 4.69) is 37.9 Å². The topological polar surface area (TPSA) is 93.3 Å². The van der Waals surface area contributed by atoms with E-state index in [1.54, 1.807) is 0 Å². The van der Waals surface area contributed by atoms with Crippen LogP contribution in [0.15, 0.2) is 30.6 Å². The molecule has 0 aliphatic rings. The zero-order valence-electron chi connectivity index (χ0n) is 11.0. The average molecular weight is 421 g/mol. The van der Waals surface area contributed by atoms with E-state index in [-0.39, 0.29) is 24.0 Å². The van der Waals surface area contributed by atoms with Crippen LogP contribution in [0.25, 0.3) is 0 Å². The summed E-state index contributed by atoms with van der Waals surface area (Å²) in [7, 11) is 0. The highest BCUT2D eigenvalue weighted by molar-refractivity contribution is 14.1. The van der Waals surface area contributed by atoms with Crippen molar-refractivity contribution in [3.63, 3.8) is 0 Å². The molecule has 1 heterocycles. The zero-order chi connectivity index (χ0) is 15.2. The van der Waals surface area contributed by atoms with Crippen molar-refractivity contribution in [1.82, 2.24) is 9.97 Å². The van der Waals surface area contributed by atoms with Gasteiger partial charge in [0.05, 0.1) is 0 Å². The van der Waals surface area contributed by atoms with E-state index in [1.165, 1.54) is 6.33 Å². The Hall–Kier alpha value is -1.32. The number of hydrogen-bond donors (Lipinski definition) is 3. The fraction of sp³-hybridized carbons (Fsp3) is 0.231. The van der Waals surface area contributed by atoms with Gasteiger partial charge in [-0.15, -0.1) is 0 Å². The van der Waals surface area contributed by atoms with Crippen molar-refractivity contribution in [2.75, 3.05) is 24.2 Å². The van der Waals surface area contributed by atoms with Crippen LogP contribution in [0, 0.1) is 3.57 Å². The van der Waals surface area contributed by atoms with Crippen molar-refractivity contribution < 1.29 is 9.84 Å². The van der Waals surface area contributed by atoms with Gasteiger partial charge in [0, 0.05) is 10.1 Å². The Morgan fingerprint density at radius 2 is 2.05 bits per heavy atom. The van der Waals surface area contributed by atoms with Crippen LogP contribution in [0.4, 0.5) is 11.6 Å². The first-order chi connectivity index (χ1) is 10.1. The molecule has 8 heteroatoms. The van der Waals surface area contributed by atoms with E-state index in [0.717, 1.165) is 3.57 Å². The van der Waals surface area contributed by atoms with Crippen molar-refractivity contribution >= 4 is 45.8 Å². The molecule has 4 N–H and O–H groups in total. The molecule has 1 aromatic carbocycles. The third kappa shape index (κ3) is 4.87. The van der Waals surface area contributed by atoms with Gasteiger partial charge in [-0.05, 0) is 46.9 Å². The summed E-state index contributed by atoms with van der Waals surface area (Å²) in [5.74, 6) is 1.29. The van der Waals surface area contributed by atoms with E-state index < -0.39 is 6.10 Å². The van der Waals surface area contributed by atoms with Crippen LogP contribution in [-0.2, 0) is 0 Å². The number of nitrogens with zero attached hydrogens (tertiary/aromatic N) is 2. The van der Waals surface area contributed by atoms with Gasteiger partial charge in [-0.3, -0.25) is 0 Å². The van der Waals surface area contributed by atoms with Gasteiger partial charge < -0.3 is 20.9 Å². The summed E-state index contributed by atoms with van der Waals surface area (Å²) in [5.41, 5.74) is 5.56. The van der Waals surface area contributed by atoms with Gasteiger partial charge in [0.2, 0.25) is 0 Å². The molecule has 0 spiro atoms. The van der Waals surface area contributed by atoms with Crippen molar-refractivity contribution in [3.05, 3.63) is 39.2 Å². The first-order valence-corrected chi connectivity index (χ1v) is 7.58. The monoisotopic (exact) mass is 420 g/mol. The number of nitrogens with two attached hydrogens (primary N) is 1.